The Morgan fingerprint density at radius 3 is 2.39 bits per heavy atom. The Morgan fingerprint density at radius 2 is 1.66 bits per heavy atom. The number of halogens is 2. The first-order chi connectivity index (χ1) is 18.0. The zero-order valence-electron chi connectivity index (χ0n) is 21.2. The molecule has 0 aliphatic carbocycles. The third-order valence-corrected chi connectivity index (χ3v) is 5.75. The number of methoxy groups -OCH3 is 1. The molecule has 3 aromatic heterocycles. The number of carbonyl (C=O) groups is 2. The van der Waals surface area contributed by atoms with Crippen molar-refractivity contribution in [2.45, 2.75) is 26.4 Å². The molecule has 1 aromatic carbocycles. The first-order valence-corrected chi connectivity index (χ1v) is 11.6. The van der Waals surface area contributed by atoms with Crippen LogP contribution in [0.15, 0.2) is 67.3 Å². The van der Waals surface area contributed by atoms with E-state index in [-0.39, 0.29) is 16.9 Å². The van der Waals surface area contributed by atoms with Crippen LogP contribution in [0.2, 0.25) is 0 Å². The van der Waals surface area contributed by atoms with Crippen LogP contribution >= 0.6 is 0 Å². The van der Waals surface area contributed by atoms with Gasteiger partial charge < -0.3 is 10.1 Å². The van der Waals surface area contributed by atoms with Gasteiger partial charge in [-0.3, -0.25) is 20.1 Å². The van der Waals surface area contributed by atoms with Crippen molar-refractivity contribution in [1.82, 2.24) is 15.0 Å². The minimum Gasteiger partial charge on any atom is -0.453 e. The molecule has 0 radical (unpaired) electrons. The molecule has 2 amide bonds. The lowest BCUT2D eigenvalue weighted by Crippen LogP contribution is -2.17. The van der Waals surface area contributed by atoms with E-state index in [9.17, 15) is 18.4 Å². The second-order valence-corrected chi connectivity index (χ2v) is 9.01. The molecule has 4 rings (SSSR count). The van der Waals surface area contributed by atoms with Crippen molar-refractivity contribution in [3.8, 4) is 22.3 Å². The number of aromatic nitrogens is 3. The second kappa shape index (κ2) is 10.7. The number of ether oxygens (including phenoxy) is 1. The number of anilines is 2. The molecule has 194 valence electrons. The summed E-state index contributed by atoms with van der Waals surface area (Å²) in [6.45, 7) is 4.43. The van der Waals surface area contributed by atoms with Crippen LogP contribution in [0, 0.1) is 12.7 Å². The standard InChI is InChI=1S/C28H25F2N5O3/c1-16-9-22(29)23(34-26(36)18-6-7-32-24(11-18)28(2,3)30)13-21(16)20-10-19(14-31-15-20)17-5-8-33-25(12-17)35-27(37)38-4/h5-15H,1-4H3,(H,34,36)(H,33,35,37). The quantitative estimate of drug-likeness (QED) is 0.311. The summed E-state index contributed by atoms with van der Waals surface area (Å²) < 4.78 is 33.8. The summed E-state index contributed by atoms with van der Waals surface area (Å²) in [4.78, 5) is 36.8. The summed E-state index contributed by atoms with van der Waals surface area (Å²) in [5.41, 5.74) is 1.91. The van der Waals surface area contributed by atoms with Crippen molar-refractivity contribution >= 4 is 23.5 Å². The zero-order valence-corrected chi connectivity index (χ0v) is 21.2. The Hall–Kier alpha value is -4.73. The number of rotatable bonds is 6. The molecule has 3 heterocycles. The number of pyridine rings is 3. The first kappa shape index (κ1) is 26.3. The van der Waals surface area contributed by atoms with Gasteiger partial charge in [0.15, 0.2) is 0 Å². The van der Waals surface area contributed by atoms with Crippen molar-refractivity contribution < 1.29 is 23.1 Å². The lowest BCUT2D eigenvalue weighted by molar-refractivity contribution is 0.102. The third-order valence-electron chi connectivity index (χ3n) is 5.75. The Morgan fingerprint density at radius 1 is 0.921 bits per heavy atom. The number of amides is 2. The van der Waals surface area contributed by atoms with Gasteiger partial charge in [-0.15, -0.1) is 0 Å². The molecule has 0 aliphatic heterocycles. The monoisotopic (exact) mass is 517 g/mol. The van der Waals surface area contributed by atoms with Crippen molar-refractivity contribution in [3.63, 3.8) is 0 Å². The maximum Gasteiger partial charge on any atom is 0.412 e. The molecule has 0 bridgehead atoms. The van der Waals surface area contributed by atoms with Crippen LogP contribution in [0.4, 0.5) is 25.1 Å². The van der Waals surface area contributed by atoms with Crippen molar-refractivity contribution in [3.05, 3.63) is 89.9 Å². The van der Waals surface area contributed by atoms with E-state index in [1.807, 2.05) is 6.07 Å². The van der Waals surface area contributed by atoms with Crippen LogP contribution < -0.4 is 10.6 Å². The van der Waals surface area contributed by atoms with Gasteiger partial charge in [0.05, 0.1) is 18.5 Å². The van der Waals surface area contributed by atoms with Crippen LogP contribution in [-0.2, 0) is 10.4 Å². The average Bonchev–Trinajstić information content (AvgIpc) is 2.90. The van der Waals surface area contributed by atoms with Crippen molar-refractivity contribution in [2.24, 2.45) is 0 Å². The summed E-state index contributed by atoms with van der Waals surface area (Å²) in [5, 5.41) is 5.09. The minimum absolute atomic E-state index is 0.0349. The fourth-order valence-corrected chi connectivity index (χ4v) is 3.75. The molecule has 4 aromatic rings. The predicted molar refractivity (Wildman–Crippen MR) is 140 cm³/mol. The van der Waals surface area contributed by atoms with Crippen molar-refractivity contribution in [1.29, 1.82) is 0 Å². The van der Waals surface area contributed by atoms with E-state index < -0.39 is 23.5 Å². The topological polar surface area (TPSA) is 106 Å². The number of hydrogen-bond donors (Lipinski definition) is 2. The van der Waals surface area contributed by atoms with E-state index in [4.69, 9.17) is 0 Å². The van der Waals surface area contributed by atoms with E-state index in [1.54, 1.807) is 37.6 Å². The maximum absolute atomic E-state index is 14.9. The zero-order chi connectivity index (χ0) is 27.4. The first-order valence-electron chi connectivity index (χ1n) is 11.6. The number of nitrogens with zero attached hydrogens (tertiary/aromatic N) is 3. The Bertz CT molecular complexity index is 1520. The van der Waals surface area contributed by atoms with Gasteiger partial charge >= 0.3 is 6.09 Å². The molecule has 0 unspecified atom stereocenters. The molecule has 0 fully saturated rings. The van der Waals surface area contributed by atoms with Crippen LogP contribution in [0.25, 0.3) is 22.3 Å². The summed E-state index contributed by atoms with van der Waals surface area (Å²) >= 11 is 0. The number of carbonyl (C=O) groups excluding carboxylic acids is 2. The van der Waals surface area contributed by atoms with E-state index in [1.165, 1.54) is 51.4 Å². The predicted octanol–water partition coefficient (Wildman–Crippen LogP) is 6.29. The number of nitrogens with one attached hydrogen (secondary N) is 2. The molecule has 0 saturated carbocycles. The van der Waals surface area contributed by atoms with Gasteiger partial charge in [-0.1, -0.05) is 0 Å². The second-order valence-electron chi connectivity index (χ2n) is 9.01. The van der Waals surface area contributed by atoms with Gasteiger partial charge in [-0.05, 0) is 79.9 Å². The molecular weight excluding hydrogens is 492 g/mol. The molecule has 38 heavy (non-hydrogen) atoms. The normalized spacial score (nSPS) is 11.1. The number of aryl methyl sites for hydroxylation is 1. The summed E-state index contributed by atoms with van der Waals surface area (Å²) in [5.74, 6) is -0.907. The lowest BCUT2D eigenvalue weighted by Gasteiger charge is -2.15. The lowest BCUT2D eigenvalue weighted by atomic mass is 9.98. The number of benzene rings is 1. The highest BCUT2D eigenvalue weighted by molar-refractivity contribution is 6.04. The number of alkyl halides is 1. The van der Waals surface area contributed by atoms with E-state index >= 15 is 0 Å². The highest BCUT2D eigenvalue weighted by atomic mass is 19.1. The Balaban J connectivity index is 1.65. The molecule has 10 heteroatoms. The van der Waals surface area contributed by atoms with Crippen LogP contribution in [-0.4, -0.2) is 34.1 Å². The maximum atomic E-state index is 14.9. The van der Waals surface area contributed by atoms with Crippen LogP contribution in [0.5, 0.6) is 0 Å². The summed E-state index contributed by atoms with van der Waals surface area (Å²) in [6.07, 6.45) is 5.51. The van der Waals surface area contributed by atoms with E-state index in [2.05, 4.69) is 30.3 Å². The van der Waals surface area contributed by atoms with Gasteiger partial charge in [0, 0.05) is 41.5 Å². The van der Waals surface area contributed by atoms with Crippen LogP contribution in [0.3, 0.4) is 0 Å². The molecule has 0 atom stereocenters. The molecule has 0 spiro atoms. The van der Waals surface area contributed by atoms with E-state index in [0.29, 0.717) is 22.5 Å². The summed E-state index contributed by atoms with van der Waals surface area (Å²) in [6, 6.07) is 10.9. The van der Waals surface area contributed by atoms with E-state index in [0.717, 1.165) is 11.1 Å². The highest BCUT2D eigenvalue weighted by Crippen LogP contribution is 2.32. The molecule has 0 saturated heterocycles. The SMILES string of the molecule is COC(=O)Nc1cc(-c2cncc(-c3cc(NC(=O)c4ccnc(C(C)(C)F)c4)c(F)cc3C)c2)ccn1. The Kier molecular flexibility index (Phi) is 7.43. The summed E-state index contributed by atoms with van der Waals surface area (Å²) in [7, 11) is 1.26. The van der Waals surface area contributed by atoms with Gasteiger partial charge in [-0.2, -0.15) is 0 Å². The fraction of sp³-hybridized carbons (Fsp3) is 0.179. The van der Waals surface area contributed by atoms with Crippen molar-refractivity contribution in [2.75, 3.05) is 17.7 Å². The third kappa shape index (κ3) is 5.97. The molecular formula is C28H25F2N5O3. The highest BCUT2D eigenvalue weighted by Gasteiger charge is 2.22. The van der Waals surface area contributed by atoms with Crippen LogP contribution in [0.1, 0.15) is 35.5 Å². The largest absolute Gasteiger partial charge is 0.453 e. The van der Waals surface area contributed by atoms with Gasteiger partial charge in [0.1, 0.15) is 17.3 Å². The van der Waals surface area contributed by atoms with Gasteiger partial charge in [-0.25, -0.2) is 18.6 Å². The van der Waals surface area contributed by atoms with Gasteiger partial charge in [0.2, 0.25) is 0 Å². The number of hydrogen-bond acceptors (Lipinski definition) is 6. The smallest absolute Gasteiger partial charge is 0.412 e. The van der Waals surface area contributed by atoms with Gasteiger partial charge in [0.25, 0.3) is 5.91 Å². The fourth-order valence-electron chi connectivity index (χ4n) is 3.75. The average molecular weight is 518 g/mol. The molecule has 0 aliphatic rings. The molecule has 8 nitrogen and oxygen atoms in total. The minimum atomic E-state index is -1.73. The molecule has 2 N–H and O–H groups in total. The Labute approximate surface area is 218 Å².